The first-order chi connectivity index (χ1) is 7.41. The number of carboxylic acids is 1. The second-order valence-electron chi connectivity index (χ2n) is 4.19. The highest BCUT2D eigenvalue weighted by Gasteiger charge is 2.16. The van der Waals surface area contributed by atoms with Crippen molar-refractivity contribution in [2.24, 2.45) is 5.92 Å². The Balaban J connectivity index is 3.01. The van der Waals surface area contributed by atoms with Gasteiger partial charge in [-0.1, -0.05) is 20.8 Å². The molecule has 0 saturated carbocycles. The van der Waals surface area contributed by atoms with Crippen molar-refractivity contribution in [2.45, 2.75) is 37.8 Å². The number of pyridine rings is 1. The number of thioether (sulfide) groups is 1. The van der Waals surface area contributed by atoms with Crippen LogP contribution in [0.1, 0.15) is 36.8 Å². The minimum absolute atomic E-state index is 0.295. The number of nitrogens with zero attached hydrogens (tertiary/aromatic N) is 1. The second kappa shape index (κ2) is 5.34. The van der Waals surface area contributed by atoms with Crippen LogP contribution in [0.4, 0.5) is 0 Å². The zero-order chi connectivity index (χ0) is 12.3. The second-order valence-corrected chi connectivity index (χ2v) is 5.61. The molecule has 3 nitrogen and oxygen atoms in total. The summed E-state index contributed by atoms with van der Waals surface area (Å²) in [5.41, 5.74) is 1.14. The molecule has 1 atom stereocenters. The van der Waals surface area contributed by atoms with Crippen molar-refractivity contribution >= 4 is 17.7 Å². The topological polar surface area (TPSA) is 50.2 Å². The average Bonchev–Trinajstić information content (AvgIpc) is 2.16. The molecule has 1 heterocycles. The van der Waals surface area contributed by atoms with Gasteiger partial charge >= 0.3 is 5.97 Å². The van der Waals surface area contributed by atoms with Crippen molar-refractivity contribution in [3.63, 3.8) is 0 Å². The molecule has 0 bridgehead atoms. The fourth-order valence-corrected chi connectivity index (χ4v) is 2.31. The Morgan fingerprint density at radius 2 is 2.06 bits per heavy atom. The maximum Gasteiger partial charge on any atom is 0.338 e. The molecule has 1 rings (SSSR count). The van der Waals surface area contributed by atoms with E-state index in [1.807, 2.05) is 13.0 Å². The van der Waals surface area contributed by atoms with Crippen LogP contribution < -0.4 is 0 Å². The van der Waals surface area contributed by atoms with E-state index in [2.05, 4.69) is 25.8 Å². The van der Waals surface area contributed by atoms with Crippen LogP contribution in [0.15, 0.2) is 17.2 Å². The average molecular weight is 239 g/mol. The van der Waals surface area contributed by atoms with E-state index in [0.717, 1.165) is 10.6 Å². The predicted molar refractivity (Wildman–Crippen MR) is 66.1 cm³/mol. The summed E-state index contributed by atoms with van der Waals surface area (Å²) >= 11 is 1.60. The smallest absolute Gasteiger partial charge is 0.338 e. The molecule has 0 spiro atoms. The van der Waals surface area contributed by atoms with E-state index in [-0.39, 0.29) is 0 Å². The van der Waals surface area contributed by atoms with Crippen molar-refractivity contribution in [1.29, 1.82) is 0 Å². The summed E-state index contributed by atoms with van der Waals surface area (Å²) in [6.45, 7) is 8.24. The zero-order valence-electron chi connectivity index (χ0n) is 10.0. The predicted octanol–water partition coefficient (Wildman–Crippen LogP) is 3.22. The van der Waals surface area contributed by atoms with Gasteiger partial charge in [-0.05, 0) is 18.9 Å². The Bertz CT molecular complexity index is 391. The minimum atomic E-state index is -0.911. The van der Waals surface area contributed by atoms with Crippen LogP contribution in [-0.2, 0) is 0 Å². The molecule has 1 unspecified atom stereocenters. The highest BCUT2D eigenvalue weighted by Crippen LogP contribution is 2.30. The van der Waals surface area contributed by atoms with E-state index < -0.39 is 5.97 Å². The van der Waals surface area contributed by atoms with E-state index in [4.69, 9.17) is 5.11 Å². The van der Waals surface area contributed by atoms with Gasteiger partial charge in [0.1, 0.15) is 0 Å². The van der Waals surface area contributed by atoms with Crippen LogP contribution in [0.25, 0.3) is 0 Å². The molecule has 0 aliphatic heterocycles. The Labute approximate surface area is 100 Å². The van der Waals surface area contributed by atoms with Gasteiger partial charge in [0.25, 0.3) is 0 Å². The molecular weight excluding hydrogens is 222 g/mol. The summed E-state index contributed by atoms with van der Waals surface area (Å²) in [7, 11) is 0. The van der Waals surface area contributed by atoms with Gasteiger partial charge in [-0.2, -0.15) is 0 Å². The van der Waals surface area contributed by atoms with Gasteiger partial charge in [-0.3, -0.25) is 4.98 Å². The largest absolute Gasteiger partial charge is 0.478 e. The normalized spacial score (nSPS) is 12.8. The number of aryl methyl sites for hydroxylation is 1. The van der Waals surface area contributed by atoms with Crippen LogP contribution in [0.2, 0.25) is 0 Å². The third-order valence-electron chi connectivity index (χ3n) is 2.48. The number of hydrogen-bond acceptors (Lipinski definition) is 3. The highest BCUT2D eigenvalue weighted by molar-refractivity contribution is 8.00. The lowest BCUT2D eigenvalue weighted by atomic mass is 10.2. The lowest BCUT2D eigenvalue weighted by Crippen LogP contribution is -2.08. The Morgan fingerprint density at radius 3 is 2.56 bits per heavy atom. The maximum atomic E-state index is 11.0. The lowest BCUT2D eigenvalue weighted by molar-refractivity contribution is 0.0692. The Morgan fingerprint density at radius 1 is 1.44 bits per heavy atom. The van der Waals surface area contributed by atoms with Crippen LogP contribution in [0.5, 0.6) is 0 Å². The van der Waals surface area contributed by atoms with E-state index in [0.29, 0.717) is 16.7 Å². The first kappa shape index (κ1) is 13.0. The molecule has 0 amide bonds. The molecule has 1 aromatic heterocycles. The van der Waals surface area contributed by atoms with Gasteiger partial charge in [0, 0.05) is 22.0 Å². The standard InChI is InChI=1S/C12H17NO2S/c1-7(2)9(4)16-11-5-8(3)13-6-10(11)12(14)15/h5-7,9H,1-4H3,(H,14,15). The lowest BCUT2D eigenvalue weighted by Gasteiger charge is -2.16. The maximum absolute atomic E-state index is 11.0. The zero-order valence-corrected chi connectivity index (χ0v) is 10.8. The van der Waals surface area contributed by atoms with Crippen molar-refractivity contribution in [2.75, 3.05) is 0 Å². The van der Waals surface area contributed by atoms with Crippen molar-refractivity contribution in [3.8, 4) is 0 Å². The third-order valence-corrected chi connectivity index (χ3v) is 3.99. The quantitative estimate of drug-likeness (QED) is 0.820. The Kier molecular flexibility index (Phi) is 4.35. The number of carboxylic acid groups (broad SMARTS) is 1. The fraction of sp³-hybridized carbons (Fsp3) is 0.500. The molecule has 0 radical (unpaired) electrons. The molecule has 0 fully saturated rings. The Hall–Kier alpha value is -1.03. The number of carbonyl (C=O) groups is 1. The van der Waals surface area contributed by atoms with Gasteiger partial charge < -0.3 is 5.11 Å². The van der Waals surface area contributed by atoms with Crippen LogP contribution in [0.3, 0.4) is 0 Å². The van der Waals surface area contributed by atoms with Gasteiger partial charge in [0.05, 0.1) is 5.56 Å². The molecule has 0 aliphatic carbocycles. The van der Waals surface area contributed by atoms with Crippen molar-refractivity contribution in [1.82, 2.24) is 4.98 Å². The molecule has 0 aliphatic rings. The molecule has 0 aromatic carbocycles. The van der Waals surface area contributed by atoms with E-state index in [9.17, 15) is 4.79 Å². The SMILES string of the molecule is Cc1cc(SC(C)C(C)C)c(C(=O)O)cn1. The molecule has 1 aromatic rings. The fourth-order valence-electron chi connectivity index (χ4n) is 1.13. The third kappa shape index (κ3) is 3.23. The molecule has 16 heavy (non-hydrogen) atoms. The number of aromatic nitrogens is 1. The molecule has 0 saturated heterocycles. The van der Waals surface area contributed by atoms with Crippen molar-refractivity contribution in [3.05, 3.63) is 23.5 Å². The number of aromatic carboxylic acids is 1. The first-order valence-corrected chi connectivity index (χ1v) is 6.16. The molecule has 4 heteroatoms. The molecule has 1 N–H and O–H groups in total. The van der Waals surface area contributed by atoms with E-state index in [1.54, 1.807) is 11.8 Å². The first-order valence-electron chi connectivity index (χ1n) is 5.28. The van der Waals surface area contributed by atoms with Crippen LogP contribution in [0, 0.1) is 12.8 Å². The van der Waals surface area contributed by atoms with Gasteiger partial charge in [0.15, 0.2) is 0 Å². The number of rotatable bonds is 4. The summed E-state index contributed by atoms with van der Waals surface area (Å²) in [4.78, 5) is 15.9. The summed E-state index contributed by atoms with van der Waals surface area (Å²) < 4.78 is 0. The summed E-state index contributed by atoms with van der Waals surface area (Å²) in [6.07, 6.45) is 1.44. The highest BCUT2D eigenvalue weighted by atomic mass is 32.2. The van der Waals surface area contributed by atoms with Crippen molar-refractivity contribution < 1.29 is 9.90 Å². The van der Waals surface area contributed by atoms with E-state index in [1.165, 1.54) is 6.20 Å². The summed E-state index contributed by atoms with van der Waals surface area (Å²) in [6, 6.07) is 1.84. The minimum Gasteiger partial charge on any atom is -0.478 e. The van der Waals surface area contributed by atoms with Crippen LogP contribution >= 0.6 is 11.8 Å². The van der Waals surface area contributed by atoms with Crippen LogP contribution in [-0.4, -0.2) is 21.3 Å². The van der Waals surface area contributed by atoms with E-state index >= 15 is 0 Å². The monoisotopic (exact) mass is 239 g/mol. The van der Waals surface area contributed by atoms with Gasteiger partial charge in [0.2, 0.25) is 0 Å². The summed E-state index contributed by atoms with van der Waals surface area (Å²) in [5.74, 6) is -0.397. The summed E-state index contributed by atoms with van der Waals surface area (Å²) in [5, 5.41) is 9.44. The number of hydrogen-bond donors (Lipinski definition) is 1. The van der Waals surface area contributed by atoms with Gasteiger partial charge in [-0.25, -0.2) is 4.79 Å². The van der Waals surface area contributed by atoms with Gasteiger partial charge in [-0.15, -0.1) is 11.8 Å². The molecular formula is C12H17NO2S. The molecule has 88 valence electrons.